The van der Waals surface area contributed by atoms with E-state index in [1.807, 2.05) is 23.2 Å². The largest absolute Gasteiger partial charge is 0.339 e. The van der Waals surface area contributed by atoms with Crippen molar-refractivity contribution >= 4 is 5.91 Å². The number of carbonyl (C=O) groups is 1. The molecule has 2 aliphatic rings. The van der Waals surface area contributed by atoms with Gasteiger partial charge in [-0.25, -0.2) is 9.67 Å². The molecule has 0 spiro atoms. The molecule has 2 fully saturated rings. The molecule has 1 N–H and O–H groups in total. The number of pyridine rings is 1. The van der Waals surface area contributed by atoms with Crippen LogP contribution in [0.15, 0.2) is 36.8 Å². The maximum absolute atomic E-state index is 12.8. The first-order valence-corrected chi connectivity index (χ1v) is 8.81. The molecule has 0 aromatic carbocycles. The van der Waals surface area contributed by atoms with Crippen molar-refractivity contribution in [3.8, 4) is 5.82 Å². The molecule has 1 saturated carbocycles. The van der Waals surface area contributed by atoms with E-state index in [1.54, 1.807) is 23.1 Å². The lowest BCUT2D eigenvalue weighted by atomic mass is 9.91. The van der Waals surface area contributed by atoms with Crippen LogP contribution in [0.1, 0.15) is 42.5 Å². The smallest absolute Gasteiger partial charge is 0.254 e. The fraction of sp³-hybridized carbons (Fsp3) is 0.500. The molecule has 2 aromatic heterocycles. The van der Waals surface area contributed by atoms with Crippen LogP contribution in [0.25, 0.3) is 5.82 Å². The van der Waals surface area contributed by atoms with Crippen LogP contribution < -0.4 is 5.32 Å². The normalized spacial score (nSPS) is 19.2. The van der Waals surface area contributed by atoms with E-state index in [2.05, 4.69) is 15.4 Å². The van der Waals surface area contributed by atoms with Gasteiger partial charge in [0.05, 0.1) is 0 Å². The highest BCUT2D eigenvalue weighted by Gasteiger charge is 2.27. The van der Waals surface area contributed by atoms with Gasteiger partial charge in [0.2, 0.25) is 0 Å². The molecule has 0 unspecified atom stereocenters. The van der Waals surface area contributed by atoms with Crippen molar-refractivity contribution in [2.75, 3.05) is 13.1 Å². The second-order valence-corrected chi connectivity index (χ2v) is 6.71. The Kier molecular flexibility index (Phi) is 4.30. The number of amides is 1. The minimum Gasteiger partial charge on any atom is -0.339 e. The highest BCUT2D eigenvalue weighted by molar-refractivity contribution is 5.94. The van der Waals surface area contributed by atoms with Gasteiger partial charge in [0, 0.05) is 49.3 Å². The molecule has 24 heavy (non-hydrogen) atoms. The number of aromatic nitrogens is 3. The average molecular weight is 325 g/mol. The first-order chi connectivity index (χ1) is 11.8. The molecule has 3 heterocycles. The van der Waals surface area contributed by atoms with Crippen molar-refractivity contribution in [1.82, 2.24) is 25.0 Å². The number of likely N-dealkylation sites (tertiary alicyclic amines) is 1. The molecular formula is C18H23N5O. The van der Waals surface area contributed by atoms with Crippen molar-refractivity contribution in [2.45, 2.75) is 44.2 Å². The Balaban J connectivity index is 1.38. The summed E-state index contributed by atoms with van der Waals surface area (Å²) in [5.74, 6) is 0.764. The van der Waals surface area contributed by atoms with Crippen molar-refractivity contribution in [2.24, 2.45) is 0 Å². The third-order valence-electron chi connectivity index (χ3n) is 5.09. The lowest BCUT2D eigenvalue weighted by Gasteiger charge is -2.37. The Bertz CT molecular complexity index is 687. The third kappa shape index (κ3) is 3.19. The molecule has 4 rings (SSSR count). The molecule has 1 amide bonds. The van der Waals surface area contributed by atoms with Gasteiger partial charge in [-0.15, -0.1) is 0 Å². The molecule has 6 heteroatoms. The fourth-order valence-electron chi connectivity index (χ4n) is 3.42. The Morgan fingerprint density at radius 1 is 1.12 bits per heavy atom. The van der Waals surface area contributed by atoms with Crippen LogP contribution in [0.5, 0.6) is 0 Å². The minimum atomic E-state index is 0.0906. The molecule has 1 saturated heterocycles. The van der Waals surface area contributed by atoms with E-state index >= 15 is 0 Å². The van der Waals surface area contributed by atoms with Gasteiger partial charge >= 0.3 is 0 Å². The summed E-state index contributed by atoms with van der Waals surface area (Å²) in [5.41, 5.74) is 0.681. The van der Waals surface area contributed by atoms with Crippen LogP contribution in [0.2, 0.25) is 0 Å². The summed E-state index contributed by atoms with van der Waals surface area (Å²) in [6.45, 7) is 1.64. The van der Waals surface area contributed by atoms with Crippen molar-refractivity contribution in [3.63, 3.8) is 0 Å². The second kappa shape index (κ2) is 6.73. The van der Waals surface area contributed by atoms with Crippen LogP contribution in [0, 0.1) is 0 Å². The third-order valence-corrected chi connectivity index (χ3v) is 5.09. The molecule has 6 nitrogen and oxygen atoms in total. The van der Waals surface area contributed by atoms with Crippen LogP contribution in [0.3, 0.4) is 0 Å². The molecule has 0 radical (unpaired) electrons. The van der Waals surface area contributed by atoms with Crippen LogP contribution in [-0.4, -0.2) is 50.7 Å². The summed E-state index contributed by atoms with van der Waals surface area (Å²) in [6.07, 6.45) is 11.3. The van der Waals surface area contributed by atoms with E-state index in [1.165, 1.54) is 19.3 Å². The summed E-state index contributed by atoms with van der Waals surface area (Å²) in [5, 5.41) is 7.89. The van der Waals surface area contributed by atoms with Crippen molar-refractivity contribution < 1.29 is 4.79 Å². The van der Waals surface area contributed by atoms with Gasteiger partial charge in [0.1, 0.15) is 0 Å². The zero-order valence-electron chi connectivity index (χ0n) is 13.8. The van der Waals surface area contributed by atoms with Gasteiger partial charge in [-0.3, -0.25) is 4.79 Å². The summed E-state index contributed by atoms with van der Waals surface area (Å²) < 4.78 is 1.67. The van der Waals surface area contributed by atoms with Crippen LogP contribution in [0.4, 0.5) is 0 Å². The van der Waals surface area contributed by atoms with E-state index in [4.69, 9.17) is 0 Å². The van der Waals surface area contributed by atoms with Crippen LogP contribution in [-0.2, 0) is 0 Å². The van der Waals surface area contributed by atoms with Crippen LogP contribution >= 0.6 is 0 Å². The lowest BCUT2D eigenvalue weighted by molar-refractivity contribution is 0.0697. The maximum atomic E-state index is 12.8. The summed E-state index contributed by atoms with van der Waals surface area (Å²) in [7, 11) is 0. The molecule has 0 bridgehead atoms. The number of rotatable bonds is 4. The van der Waals surface area contributed by atoms with E-state index in [0.717, 1.165) is 25.9 Å². The second-order valence-electron chi connectivity index (χ2n) is 6.71. The Labute approximate surface area is 141 Å². The highest BCUT2D eigenvalue weighted by atomic mass is 16.2. The van der Waals surface area contributed by atoms with E-state index in [9.17, 15) is 4.79 Å². The van der Waals surface area contributed by atoms with Gasteiger partial charge in [0.15, 0.2) is 5.82 Å². The molecule has 1 aliphatic heterocycles. The summed E-state index contributed by atoms with van der Waals surface area (Å²) >= 11 is 0. The Morgan fingerprint density at radius 2 is 1.92 bits per heavy atom. The predicted molar refractivity (Wildman–Crippen MR) is 91.1 cm³/mol. The van der Waals surface area contributed by atoms with Gasteiger partial charge in [-0.2, -0.15) is 5.10 Å². The number of hydrogen-bond donors (Lipinski definition) is 1. The zero-order chi connectivity index (χ0) is 16.4. The number of piperidine rings is 1. The van der Waals surface area contributed by atoms with Gasteiger partial charge in [0.25, 0.3) is 5.91 Å². The van der Waals surface area contributed by atoms with Gasteiger partial charge in [-0.05, 0) is 43.9 Å². The lowest BCUT2D eigenvalue weighted by Crippen LogP contribution is -2.49. The van der Waals surface area contributed by atoms with E-state index < -0.39 is 0 Å². The molecule has 126 valence electrons. The molecule has 2 aromatic rings. The molecular weight excluding hydrogens is 302 g/mol. The van der Waals surface area contributed by atoms with Crippen molar-refractivity contribution in [1.29, 1.82) is 0 Å². The zero-order valence-corrected chi connectivity index (χ0v) is 13.8. The maximum Gasteiger partial charge on any atom is 0.254 e. The van der Waals surface area contributed by atoms with E-state index in [0.29, 0.717) is 23.5 Å². The highest BCUT2D eigenvalue weighted by Crippen LogP contribution is 2.22. The standard InChI is InChI=1S/C18H23N5O/c24-18(14-5-9-19-17(13-14)23-10-2-8-20-23)22-11-6-16(7-12-22)21-15-3-1-4-15/h2,5,8-10,13,15-16,21H,1,3-4,6-7,11-12H2. The van der Waals surface area contributed by atoms with Gasteiger partial charge < -0.3 is 10.2 Å². The quantitative estimate of drug-likeness (QED) is 0.934. The topological polar surface area (TPSA) is 63.1 Å². The Hall–Kier alpha value is -2.21. The van der Waals surface area contributed by atoms with Crippen molar-refractivity contribution in [3.05, 3.63) is 42.4 Å². The summed E-state index contributed by atoms with van der Waals surface area (Å²) in [4.78, 5) is 19.0. The minimum absolute atomic E-state index is 0.0906. The predicted octanol–water partition coefficient (Wildman–Crippen LogP) is 2.01. The average Bonchev–Trinajstić information content (AvgIpc) is 3.13. The first-order valence-electron chi connectivity index (χ1n) is 8.81. The number of nitrogens with zero attached hydrogens (tertiary/aromatic N) is 4. The summed E-state index contributed by atoms with van der Waals surface area (Å²) in [6, 6.07) is 6.73. The fourth-order valence-corrected chi connectivity index (χ4v) is 3.42. The van der Waals surface area contributed by atoms with E-state index in [-0.39, 0.29) is 5.91 Å². The Morgan fingerprint density at radius 3 is 2.58 bits per heavy atom. The number of nitrogens with one attached hydrogen (secondary N) is 1. The van der Waals surface area contributed by atoms with Gasteiger partial charge in [-0.1, -0.05) is 6.42 Å². The monoisotopic (exact) mass is 325 g/mol. The number of carbonyl (C=O) groups excluding carboxylic acids is 1. The first kappa shape index (κ1) is 15.3. The molecule has 1 aliphatic carbocycles. The SMILES string of the molecule is O=C(c1ccnc(-n2cccn2)c1)N1CCC(NC2CCC2)CC1. The number of hydrogen-bond acceptors (Lipinski definition) is 4. The molecule has 0 atom stereocenters.